The first-order valence-electron chi connectivity index (χ1n) is 16.2. The van der Waals surface area contributed by atoms with E-state index < -0.39 is 40.1 Å². The van der Waals surface area contributed by atoms with Gasteiger partial charge in [-0.25, -0.2) is 4.79 Å². The van der Waals surface area contributed by atoms with Crippen LogP contribution in [0.15, 0.2) is 52.7 Å². The van der Waals surface area contributed by atoms with E-state index in [9.17, 15) is 24.6 Å². The lowest BCUT2D eigenvalue weighted by molar-refractivity contribution is -0.171. The number of hydrogen-bond donors (Lipinski definition) is 2. The molecule has 6 aliphatic rings. The van der Waals surface area contributed by atoms with Crippen molar-refractivity contribution >= 4 is 23.6 Å². The number of aromatic hydroxyl groups is 1. The summed E-state index contributed by atoms with van der Waals surface area (Å²) in [6, 6.07) is 0. The van der Waals surface area contributed by atoms with Gasteiger partial charge in [-0.2, -0.15) is 0 Å². The van der Waals surface area contributed by atoms with Crippen molar-refractivity contribution in [3.05, 3.63) is 69.4 Å². The molecule has 8 heteroatoms. The second kappa shape index (κ2) is 10.6. The van der Waals surface area contributed by atoms with E-state index in [2.05, 4.69) is 19.9 Å². The highest BCUT2D eigenvalue weighted by Crippen LogP contribution is 2.68. The molecule has 1 spiro atoms. The summed E-state index contributed by atoms with van der Waals surface area (Å²) in [4.78, 5) is 40.8. The third-order valence-corrected chi connectivity index (χ3v) is 10.5. The van der Waals surface area contributed by atoms with Crippen molar-refractivity contribution in [2.45, 2.75) is 110 Å². The lowest BCUT2D eigenvalue weighted by Gasteiger charge is -2.56. The van der Waals surface area contributed by atoms with Crippen LogP contribution < -0.4 is 9.47 Å². The zero-order valence-electron chi connectivity index (χ0n) is 28.0. The quantitative estimate of drug-likeness (QED) is 0.228. The van der Waals surface area contributed by atoms with Crippen LogP contribution in [0.25, 0.3) is 6.08 Å². The summed E-state index contributed by atoms with van der Waals surface area (Å²) in [6.45, 7) is 15.4. The molecule has 4 bridgehead atoms. The minimum Gasteiger partial charge on any atom is -0.506 e. The molecule has 8 nitrogen and oxygen atoms in total. The average molecular weight is 629 g/mol. The van der Waals surface area contributed by atoms with Crippen molar-refractivity contribution in [1.29, 1.82) is 0 Å². The Labute approximate surface area is 270 Å². The van der Waals surface area contributed by atoms with E-state index in [-0.39, 0.29) is 40.8 Å². The van der Waals surface area contributed by atoms with Crippen LogP contribution in [0.5, 0.6) is 17.2 Å². The maximum Gasteiger partial charge on any atom is 0.330 e. The molecule has 1 saturated heterocycles. The third-order valence-electron chi connectivity index (χ3n) is 10.5. The van der Waals surface area contributed by atoms with Crippen LogP contribution in [0.1, 0.15) is 103 Å². The van der Waals surface area contributed by atoms with E-state index in [1.165, 1.54) is 18.6 Å². The number of carbonyl (C=O) groups is 3. The first-order valence-corrected chi connectivity index (χ1v) is 16.2. The van der Waals surface area contributed by atoms with Crippen LogP contribution in [0.3, 0.4) is 0 Å². The van der Waals surface area contributed by atoms with Crippen molar-refractivity contribution in [3.63, 3.8) is 0 Å². The highest BCUT2D eigenvalue weighted by molar-refractivity contribution is 6.19. The number of phenolic OH excluding ortho intramolecular Hbond substituents is 1. The van der Waals surface area contributed by atoms with Crippen molar-refractivity contribution in [2.24, 2.45) is 11.8 Å². The monoisotopic (exact) mass is 628 g/mol. The van der Waals surface area contributed by atoms with Gasteiger partial charge in [0.25, 0.3) is 0 Å². The van der Waals surface area contributed by atoms with E-state index in [1.807, 2.05) is 52.8 Å². The summed E-state index contributed by atoms with van der Waals surface area (Å²) in [5.41, 5.74) is -0.952. The van der Waals surface area contributed by atoms with Crippen molar-refractivity contribution < 1.29 is 38.8 Å². The van der Waals surface area contributed by atoms with E-state index >= 15 is 0 Å². The van der Waals surface area contributed by atoms with Crippen molar-refractivity contribution in [3.8, 4) is 17.2 Å². The predicted octanol–water partition coefficient (Wildman–Crippen LogP) is 7.24. The first kappa shape index (κ1) is 32.0. The number of carbonyl (C=O) groups excluding carboxylic acids is 2. The Balaban J connectivity index is 1.59. The highest BCUT2D eigenvalue weighted by atomic mass is 16.6. The van der Waals surface area contributed by atoms with Crippen LogP contribution in [0, 0.1) is 11.8 Å². The van der Waals surface area contributed by atoms with Gasteiger partial charge in [-0.1, -0.05) is 35.5 Å². The molecule has 46 heavy (non-hydrogen) atoms. The molecular weight excluding hydrogens is 584 g/mol. The number of carboxylic acids is 1. The fraction of sp³-hybridized carbons (Fsp3) is 0.500. The molecule has 3 aliphatic carbocycles. The van der Waals surface area contributed by atoms with Gasteiger partial charge in [0.05, 0.1) is 11.2 Å². The van der Waals surface area contributed by atoms with Crippen LogP contribution in [-0.4, -0.2) is 50.2 Å². The normalized spacial score (nSPS) is 31.2. The Morgan fingerprint density at radius 2 is 1.70 bits per heavy atom. The SMILES string of the molecule is CC(C)=CCCC1(C)C=Cc2c(O)c3c(c(CC=C(C)C)c2O1)O[C@]12C(=C[C@@H]4C[C@H]1C(C)(C)O[C@@]2(C/C=C(\C)C(=O)O)C4=O)C3=O. The molecule has 244 valence electrons. The number of Topliss-reactive ketones (excluding diaryl/α,β-unsaturated/α-hetero) is 2. The molecule has 3 heterocycles. The third kappa shape index (κ3) is 4.47. The number of phenols is 1. The number of rotatable bonds is 8. The predicted molar refractivity (Wildman–Crippen MR) is 174 cm³/mol. The number of ketones is 2. The maximum atomic E-state index is 14.7. The molecule has 1 unspecified atom stereocenters. The molecule has 5 atom stereocenters. The molecule has 2 fully saturated rings. The van der Waals surface area contributed by atoms with Crippen LogP contribution >= 0.6 is 0 Å². The number of carboxylic acid groups (broad SMARTS) is 1. The summed E-state index contributed by atoms with van der Waals surface area (Å²) in [5.74, 6) is -2.28. The topological polar surface area (TPSA) is 119 Å². The van der Waals surface area contributed by atoms with Gasteiger partial charge < -0.3 is 24.4 Å². The van der Waals surface area contributed by atoms with Crippen molar-refractivity contribution in [1.82, 2.24) is 0 Å². The Morgan fingerprint density at radius 1 is 1.00 bits per heavy atom. The Kier molecular flexibility index (Phi) is 7.36. The molecular formula is C38H44O8. The maximum absolute atomic E-state index is 14.7. The number of allylic oxidation sites excluding steroid dienone is 5. The second-order valence-corrected chi connectivity index (χ2v) is 14.8. The molecule has 0 aromatic heterocycles. The summed E-state index contributed by atoms with van der Waals surface area (Å²) in [7, 11) is 0. The summed E-state index contributed by atoms with van der Waals surface area (Å²) < 4.78 is 20.6. The summed E-state index contributed by atoms with van der Waals surface area (Å²) in [6.07, 6.45) is 13.4. The molecule has 1 aromatic carbocycles. The standard InChI is InChI=1S/C38H44O8/c1-20(2)10-9-15-36(8)16-14-24-29(39)28-30(40)26-18-23-19-27-35(6,7)46-37(33(23)41,17-13-22(5)34(42)43)38(26,27)45-32(28)25(31(24)44-36)12-11-21(3)4/h10-11,13-14,16,18,23,27,39H,9,12,15,17,19H2,1-8H3,(H,42,43)/b22-13+/t23-,27+,36?,37+,38-/m1/s1. The molecule has 1 saturated carbocycles. The number of benzene rings is 1. The van der Waals surface area contributed by atoms with Crippen molar-refractivity contribution in [2.75, 3.05) is 0 Å². The molecule has 1 aromatic rings. The van der Waals surface area contributed by atoms with Gasteiger partial charge in [0.1, 0.15) is 28.4 Å². The number of ether oxygens (including phenoxy) is 3. The van der Waals surface area contributed by atoms with Gasteiger partial charge in [0.2, 0.25) is 0 Å². The van der Waals surface area contributed by atoms with Gasteiger partial charge in [0, 0.05) is 35.0 Å². The van der Waals surface area contributed by atoms with Crippen LogP contribution in [0.2, 0.25) is 0 Å². The summed E-state index contributed by atoms with van der Waals surface area (Å²) >= 11 is 0. The zero-order valence-corrected chi connectivity index (χ0v) is 28.0. The molecule has 7 rings (SSSR count). The molecule has 0 radical (unpaired) electrons. The fourth-order valence-electron chi connectivity index (χ4n) is 8.17. The molecule has 2 N–H and O–H groups in total. The Morgan fingerprint density at radius 3 is 2.35 bits per heavy atom. The van der Waals surface area contributed by atoms with Crippen LogP contribution in [-0.2, 0) is 20.7 Å². The average Bonchev–Trinajstić information content (AvgIpc) is 3.12. The van der Waals surface area contributed by atoms with E-state index in [0.29, 0.717) is 41.7 Å². The highest BCUT2D eigenvalue weighted by Gasteiger charge is 2.81. The fourth-order valence-corrected chi connectivity index (χ4v) is 8.17. The zero-order chi connectivity index (χ0) is 33.6. The van der Waals surface area contributed by atoms with E-state index in [0.717, 1.165) is 12.0 Å². The van der Waals surface area contributed by atoms with Gasteiger partial charge in [-0.3, -0.25) is 9.59 Å². The Hall–Kier alpha value is -3.91. The molecule has 0 amide bonds. The van der Waals surface area contributed by atoms with E-state index in [4.69, 9.17) is 14.2 Å². The number of hydrogen-bond acceptors (Lipinski definition) is 7. The van der Waals surface area contributed by atoms with E-state index in [1.54, 1.807) is 6.08 Å². The lowest BCUT2D eigenvalue weighted by Crippen LogP contribution is -2.72. The largest absolute Gasteiger partial charge is 0.506 e. The smallest absolute Gasteiger partial charge is 0.330 e. The number of aliphatic carboxylic acids is 1. The minimum atomic E-state index is -1.63. The molecule has 3 aliphatic heterocycles. The van der Waals surface area contributed by atoms with Gasteiger partial charge >= 0.3 is 5.97 Å². The second-order valence-electron chi connectivity index (χ2n) is 14.8. The first-order chi connectivity index (χ1) is 21.5. The van der Waals surface area contributed by atoms with Crippen LogP contribution in [0.4, 0.5) is 0 Å². The van der Waals surface area contributed by atoms with Gasteiger partial charge in [-0.15, -0.1) is 0 Å². The Bertz CT molecular complexity index is 1730. The lowest BCUT2D eigenvalue weighted by atomic mass is 9.51. The van der Waals surface area contributed by atoms with Gasteiger partial charge in [0.15, 0.2) is 22.8 Å². The minimum absolute atomic E-state index is 0.0544. The van der Waals surface area contributed by atoms with Gasteiger partial charge in [-0.05, 0) is 93.2 Å². The number of fused-ring (bicyclic) bond motifs is 2. The summed E-state index contributed by atoms with van der Waals surface area (Å²) in [5, 5.41) is 21.4.